The SMILES string of the molecule is CC(C)CCCC(C)C1CCC2C3CCC4CC(=O)C(C(C)(C)C)CC4(C)C3CCC12C. The Bertz CT molecular complexity index is 685. The first kappa shape index (κ1) is 24.8. The van der Waals surface area contributed by atoms with Crippen LogP contribution >= 0.6 is 0 Å². The zero-order valence-electron chi connectivity index (χ0n) is 22.8. The third kappa shape index (κ3) is 4.15. The molecule has 0 heterocycles. The van der Waals surface area contributed by atoms with Gasteiger partial charge in [-0.05, 0) is 103 Å². The van der Waals surface area contributed by atoms with Crippen LogP contribution in [-0.2, 0) is 4.79 Å². The largest absolute Gasteiger partial charge is 0.299 e. The van der Waals surface area contributed by atoms with E-state index in [-0.39, 0.29) is 11.3 Å². The number of carbonyl (C=O) groups is 1. The minimum absolute atomic E-state index is 0.116. The van der Waals surface area contributed by atoms with Crippen molar-refractivity contribution in [3.63, 3.8) is 0 Å². The standard InChI is InChI=1S/C31H54O/c1-20(2)10-9-11-21(3)24-14-15-25-23-13-12-22-18-28(32)27(29(4,5)6)19-31(22,8)26(23)16-17-30(24,25)7/h20-27H,9-19H2,1-8H3. The van der Waals surface area contributed by atoms with Gasteiger partial charge in [0.25, 0.3) is 0 Å². The van der Waals surface area contributed by atoms with Crippen LogP contribution in [0.3, 0.4) is 0 Å². The van der Waals surface area contributed by atoms with Crippen LogP contribution in [0.25, 0.3) is 0 Å². The van der Waals surface area contributed by atoms with Gasteiger partial charge in [0, 0.05) is 12.3 Å². The van der Waals surface area contributed by atoms with Crippen molar-refractivity contribution in [1.82, 2.24) is 0 Å². The number of fused-ring (bicyclic) bond motifs is 5. The summed E-state index contributed by atoms with van der Waals surface area (Å²) in [5.74, 6) is 6.94. The molecular formula is C31H54O. The van der Waals surface area contributed by atoms with Crippen molar-refractivity contribution >= 4 is 5.78 Å². The van der Waals surface area contributed by atoms with Crippen LogP contribution in [-0.4, -0.2) is 5.78 Å². The summed E-state index contributed by atoms with van der Waals surface area (Å²) in [5, 5.41) is 0. The molecule has 1 heteroatoms. The lowest BCUT2D eigenvalue weighted by Crippen LogP contribution is -2.56. The van der Waals surface area contributed by atoms with E-state index in [4.69, 9.17) is 0 Å². The van der Waals surface area contributed by atoms with Gasteiger partial charge in [0.2, 0.25) is 0 Å². The molecule has 0 N–H and O–H groups in total. The molecule has 4 fully saturated rings. The Morgan fingerprint density at radius 2 is 1.59 bits per heavy atom. The third-order valence-electron chi connectivity index (χ3n) is 11.8. The Balaban J connectivity index is 1.51. The topological polar surface area (TPSA) is 17.1 Å². The zero-order chi connectivity index (χ0) is 23.5. The van der Waals surface area contributed by atoms with Gasteiger partial charge in [-0.15, -0.1) is 0 Å². The molecule has 0 saturated heterocycles. The first-order valence-corrected chi connectivity index (χ1v) is 14.4. The van der Waals surface area contributed by atoms with Crippen LogP contribution in [0, 0.1) is 63.6 Å². The molecule has 0 radical (unpaired) electrons. The van der Waals surface area contributed by atoms with E-state index in [9.17, 15) is 4.79 Å². The molecule has 184 valence electrons. The highest BCUT2D eigenvalue weighted by atomic mass is 16.1. The lowest BCUT2D eigenvalue weighted by Gasteiger charge is -2.62. The summed E-state index contributed by atoms with van der Waals surface area (Å²) in [6, 6.07) is 0. The smallest absolute Gasteiger partial charge is 0.136 e. The predicted molar refractivity (Wildman–Crippen MR) is 136 cm³/mol. The second-order valence-electron chi connectivity index (χ2n) is 15.0. The minimum atomic E-state index is 0.116. The average Bonchev–Trinajstić information content (AvgIpc) is 3.04. The summed E-state index contributed by atoms with van der Waals surface area (Å²) in [4.78, 5) is 13.1. The summed E-state index contributed by atoms with van der Waals surface area (Å²) in [5.41, 5.74) is 1.09. The highest BCUT2D eigenvalue weighted by Crippen LogP contribution is 2.69. The third-order valence-corrected chi connectivity index (χ3v) is 11.8. The van der Waals surface area contributed by atoms with Crippen LogP contribution in [0.1, 0.15) is 126 Å². The monoisotopic (exact) mass is 442 g/mol. The number of carbonyl (C=O) groups excluding carboxylic acids is 1. The molecule has 0 aromatic rings. The van der Waals surface area contributed by atoms with Crippen molar-refractivity contribution in [3.8, 4) is 0 Å². The van der Waals surface area contributed by atoms with E-state index >= 15 is 0 Å². The lowest BCUT2D eigenvalue weighted by atomic mass is 9.42. The molecule has 9 unspecified atom stereocenters. The number of ketones is 1. The number of hydrogen-bond acceptors (Lipinski definition) is 1. The highest BCUT2D eigenvalue weighted by Gasteiger charge is 2.62. The van der Waals surface area contributed by atoms with E-state index in [1.807, 2.05) is 0 Å². The number of rotatable bonds is 5. The molecule has 0 spiro atoms. The Kier molecular flexibility index (Phi) is 6.75. The fourth-order valence-electron chi connectivity index (χ4n) is 9.94. The molecule has 4 aliphatic carbocycles. The van der Waals surface area contributed by atoms with E-state index in [1.165, 1.54) is 64.2 Å². The first-order chi connectivity index (χ1) is 14.9. The van der Waals surface area contributed by atoms with Crippen molar-refractivity contribution in [2.45, 2.75) is 126 Å². The normalized spacial score (nSPS) is 45.3. The van der Waals surface area contributed by atoms with Crippen molar-refractivity contribution in [2.75, 3.05) is 0 Å². The Morgan fingerprint density at radius 3 is 2.25 bits per heavy atom. The number of Topliss-reactive ketones (excluding diaryl/α,β-unsaturated/α-hetero) is 1. The van der Waals surface area contributed by atoms with E-state index in [0.29, 0.717) is 22.5 Å². The van der Waals surface area contributed by atoms with Crippen molar-refractivity contribution in [2.24, 2.45) is 63.6 Å². The molecule has 0 aliphatic heterocycles. The van der Waals surface area contributed by atoms with Gasteiger partial charge in [-0.25, -0.2) is 0 Å². The van der Waals surface area contributed by atoms with E-state index in [2.05, 4.69) is 55.4 Å². The summed E-state index contributed by atoms with van der Waals surface area (Å²) in [6.45, 7) is 19.6. The van der Waals surface area contributed by atoms with Gasteiger partial charge in [-0.2, -0.15) is 0 Å². The van der Waals surface area contributed by atoms with Gasteiger partial charge in [0.05, 0.1) is 0 Å². The summed E-state index contributed by atoms with van der Waals surface area (Å²) >= 11 is 0. The van der Waals surface area contributed by atoms with Crippen molar-refractivity contribution < 1.29 is 4.79 Å². The molecule has 9 atom stereocenters. The summed E-state index contributed by atoms with van der Waals surface area (Å²) in [7, 11) is 0. The molecule has 0 aromatic heterocycles. The van der Waals surface area contributed by atoms with Crippen molar-refractivity contribution in [1.29, 1.82) is 0 Å². The Morgan fingerprint density at radius 1 is 0.906 bits per heavy atom. The molecule has 0 aromatic carbocycles. The maximum atomic E-state index is 13.1. The maximum absolute atomic E-state index is 13.1. The molecule has 4 aliphatic rings. The molecule has 0 amide bonds. The van der Waals surface area contributed by atoms with E-state index in [1.54, 1.807) is 0 Å². The zero-order valence-corrected chi connectivity index (χ0v) is 22.8. The van der Waals surface area contributed by atoms with Gasteiger partial charge in [-0.3, -0.25) is 4.79 Å². The second kappa shape index (κ2) is 8.71. The van der Waals surface area contributed by atoms with E-state index in [0.717, 1.165) is 41.9 Å². The van der Waals surface area contributed by atoms with Gasteiger partial charge in [-0.1, -0.05) is 74.7 Å². The minimum Gasteiger partial charge on any atom is -0.299 e. The number of hydrogen-bond donors (Lipinski definition) is 0. The van der Waals surface area contributed by atoms with Crippen molar-refractivity contribution in [3.05, 3.63) is 0 Å². The molecule has 32 heavy (non-hydrogen) atoms. The van der Waals surface area contributed by atoms with Crippen LogP contribution in [0.5, 0.6) is 0 Å². The molecule has 1 nitrogen and oxygen atoms in total. The second-order valence-corrected chi connectivity index (χ2v) is 15.0. The van der Waals surface area contributed by atoms with Gasteiger partial charge in [0.15, 0.2) is 0 Å². The fourth-order valence-corrected chi connectivity index (χ4v) is 9.94. The fraction of sp³-hybridized carbons (Fsp3) is 0.968. The van der Waals surface area contributed by atoms with Gasteiger partial charge < -0.3 is 0 Å². The highest BCUT2D eigenvalue weighted by molar-refractivity contribution is 5.83. The van der Waals surface area contributed by atoms with Crippen LogP contribution in [0.2, 0.25) is 0 Å². The molecule has 0 bridgehead atoms. The average molecular weight is 443 g/mol. The summed E-state index contributed by atoms with van der Waals surface area (Å²) < 4.78 is 0. The lowest BCUT2D eigenvalue weighted by molar-refractivity contribution is -0.154. The van der Waals surface area contributed by atoms with Crippen LogP contribution < -0.4 is 0 Å². The Hall–Kier alpha value is -0.330. The predicted octanol–water partition coefficient (Wildman–Crippen LogP) is 8.95. The van der Waals surface area contributed by atoms with Crippen LogP contribution in [0.15, 0.2) is 0 Å². The molecule has 4 rings (SSSR count). The molecule has 4 saturated carbocycles. The Labute approximate surface area is 200 Å². The molecular weight excluding hydrogens is 388 g/mol. The maximum Gasteiger partial charge on any atom is 0.136 e. The summed E-state index contributed by atoms with van der Waals surface area (Å²) in [6.07, 6.45) is 14.9. The quantitative estimate of drug-likeness (QED) is 0.415. The van der Waals surface area contributed by atoms with Gasteiger partial charge in [0.1, 0.15) is 5.78 Å². The first-order valence-electron chi connectivity index (χ1n) is 14.4. The van der Waals surface area contributed by atoms with Crippen LogP contribution in [0.4, 0.5) is 0 Å². The van der Waals surface area contributed by atoms with Gasteiger partial charge >= 0.3 is 0 Å². The van der Waals surface area contributed by atoms with E-state index < -0.39 is 0 Å².